The maximum absolute atomic E-state index is 12.1. The van der Waals surface area contributed by atoms with Gasteiger partial charge in [-0.1, -0.05) is 11.3 Å². The van der Waals surface area contributed by atoms with E-state index in [1.807, 2.05) is 0 Å². The highest BCUT2D eigenvalue weighted by molar-refractivity contribution is 8.01. The molecular weight excluding hydrogens is 292 g/mol. The molecule has 0 aromatic carbocycles. The van der Waals surface area contributed by atoms with Crippen LogP contribution in [0.2, 0.25) is 0 Å². The molecule has 5 nitrogen and oxygen atoms in total. The van der Waals surface area contributed by atoms with Crippen LogP contribution in [0.25, 0.3) is 0 Å². The van der Waals surface area contributed by atoms with Gasteiger partial charge in [-0.05, 0) is 32.4 Å². The molecule has 2 heterocycles. The predicted molar refractivity (Wildman–Crippen MR) is 75.0 cm³/mol. The van der Waals surface area contributed by atoms with E-state index in [9.17, 15) is 13.2 Å². The molecule has 1 aliphatic heterocycles. The number of thiazole rings is 1. The molecule has 0 spiro atoms. The SMILES string of the molecule is Cc1[nH]c(=O)sc1S(=O)(=O)NCC1(C)CCCS1. The van der Waals surface area contributed by atoms with Crippen LogP contribution < -0.4 is 9.60 Å². The van der Waals surface area contributed by atoms with Gasteiger partial charge in [0.1, 0.15) is 0 Å². The number of aromatic amines is 1. The van der Waals surface area contributed by atoms with E-state index in [2.05, 4.69) is 16.6 Å². The molecule has 1 atom stereocenters. The summed E-state index contributed by atoms with van der Waals surface area (Å²) in [6, 6.07) is 0. The van der Waals surface area contributed by atoms with Gasteiger partial charge in [-0.2, -0.15) is 11.8 Å². The van der Waals surface area contributed by atoms with Crippen molar-refractivity contribution in [1.29, 1.82) is 0 Å². The molecule has 2 rings (SSSR count). The van der Waals surface area contributed by atoms with Gasteiger partial charge in [0, 0.05) is 17.0 Å². The van der Waals surface area contributed by atoms with E-state index < -0.39 is 10.0 Å². The van der Waals surface area contributed by atoms with Crippen molar-refractivity contribution >= 4 is 33.1 Å². The summed E-state index contributed by atoms with van der Waals surface area (Å²) in [7, 11) is -3.57. The van der Waals surface area contributed by atoms with Crippen LogP contribution in [0.1, 0.15) is 25.5 Å². The average Bonchev–Trinajstić information content (AvgIpc) is 2.84. The van der Waals surface area contributed by atoms with Gasteiger partial charge in [0.05, 0.1) is 0 Å². The number of aryl methyl sites for hydroxylation is 1. The number of sulfonamides is 1. The van der Waals surface area contributed by atoms with Crippen molar-refractivity contribution in [2.24, 2.45) is 0 Å². The molecular formula is C10H16N2O3S3. The number of hydrogen-bond donors (Lipinski definition) is 2. The van der Waals surface area contributed by atoms with E-state index >= 15 is 0 Å². The molecule has 0 amide bonds. The zero-order valence-corrected chi connectivity index (χ0v) is 12.7. The Labute approximate surface area is 114 Å². The fraction of sp³-hybridized carbons (Fsp3) is 0.700. The Hall–Kier alpha value is -0.310. The smallest absolute Gasteiger partial charge is 0.305 e. The number of thioether (sulfide) groups is 1. The zero-order valence-electron chi connectivity index (χ0n) is 10.3. The van der Waals surface area contributed by atoms with Crippen LogP contribution in [-0.2, 0) is 10.0 Å². The first kappa shape index (κ1) is 14.1. The fourth-order valence-electron chi connectivity index (χ4n) is 1.94. The third kappa shape index (κ3) is 2.98. The van der Waals surface area contributed by atoms with E-state index in [1.165, 1.54) is 0 Å². The highest BCUT2D eigenvalue weighted by Gasteiger charge is 2.32. The molecule has 102 valence electrons. The van der Waals surface area contributed by atoms with Crippen molar-refractivity contribution in [3.05, 3.63) is 15.4 Å². The Balaban J connectivity index is 2.13. The summed E-state index contributed by atoms with van der Waals surface area (Å²) in [6.07, 6.45) is 2.14. The lowest BCUT2D eigenvalue weighted by Crippen LogP contribution is -2.36. The highest BCUT2D eigenvalue weighted by atomic mass is 32.2. The first-order valence-electron chi connectivity index (χ1n) is 5.66. The third-order valence-electron chi connectivity index (χ3n) is 2.96. The van der Waals surface area contributed by atoms with Gasteiger partial charge in [0.2, 0.25) is 0 Å². The summed E-state index contributed by atoms with van der Waals surface area (Å²) < 4.78 is 26.9. The van der Waals surface area contributed by atoms with Gasteiger partial charge in [-0.25, -0.2) is 13.1 Å². The van der Waals surface area contributed by atoms with Gasteiger partial charge in [-0.15, -0.1) is 0 Å². The van der Waals surface area contributed by atoms with E-state index in [1.54, 1.807) is 18.7 Å². The largest absolute Gasteiger partial charge is 0.315 e. The minimum absolute atomic E-state index is 0.0256. The Morgan fingerprint density at radius 1 is 1.50 bits per heavy atom. The van der Waals surface area contributed by atoms with Gasteiger partial charge < -0.3 is 4.98 Å². The molecule has 0 bridgehead atoms. The molecule has 1 unspecified atom stereocenters. The van der Waals surface area contributed by atoms with Crippen LogP contribution in [0, 0.1) is 6.92 Å². The molecule has 18 heavy (non-hydrogen) atoms. The average molecular weight is 308 g/mol. The second-order valence-corrected chi connectivity index (χ2v) is 9.28. The van der Waals surface area contributed by atoms with Crippen LogP contribution in [-0.4, -0.2) is 30.4 Å². The van der Waals surface area contributed by atoms with Crippen molar-refractivity contribution in [1.82, 2.24) is 9.71 Å². The lowest BCUT2D eigenvalue weighted by molar-refractivity contribution is 0.553. The summed E-state index contributed by atoms with van der Waals surface area (Å²) in [5.41, 5.74) is 0.404. The Morgan fingerprint density at radius 2 is 2.22 bits per heavy atom. The summed E-state index contributed by atoms with van der Waals surface area (Å²) in [5.74, 6) is 1.08. The Bertz CT molecular complexity index is 582. The number of aromatic nitrogens is 1. The molecule has 1 fully saturated rings. The predicted octanol–water partition coefficient (Wildman–Crippen LogP) is 1.31. The number of H-pyrrole nitrogens is 1. The number of nitrogens with one attached hydrogen (secondary N) is 2. The van der Waals surface area contributed by atoms with E-state index in [0.717, 1.165) is 29.9 Å². The van der Waals surface area contributed by atoms with Crippen LogP contribution in [0.3, 0.4) is 0 Å². The topological polar surface area (TPSA) is 79.0 Å². The molecule has 2 N–H and O–H groups in total. The van der Waals surface area contributed by atoms with Crippen LogP contribution in [0.15, 0.2) is 9.00 Å². The standard InChI is InChI=1S/C10H16N2O3S3/c1-7-8(17-9(13)12-7)18(14,15)11-6-10(2)4-3-5-16-10/h11H,3-6H2,1-2H3,(H,12,13). The Morgan fingerprint density at radius 3 is 2.72 bits per heavy atom. The maximum Gasteiger partial charge on any atom is 0.305 e. The van der Waals surface area contributed by atoms with E-state index in [4.69, 9.17) is 0 Å². The van der Waals surface area contributed by atoms with Crippen molar-refractivity contribution in [3.63, 3.8) is 0 Å². The number of rotatable bonds is 4. The van der Waals surface area contributed by atoms with Gasteiger partial charge >= 0.3 is 4.87 Å². The molecule has 0 saturated carbocycles. The minimum atomic E-state index is -3.57. The summed E-state index contributed by atoms with van der Waals surface area (Å²) in [6.45, 7) is 4.07. The van der Waals surface area contributed by atoms with Crippen LogP contribution >= 0.6 is 23.1 Å². The molecule has 0 radical (unpaired) electrons. The Kier molecular flexibility index (Phi) is 3.91. The van der Waals surface area contributed by atoms with Crippen molar-refractivity contribution < 1.29 is 8.42 Å². The molecule has 1 saturated heterocycles. The third-order valence-corrected chi connectivity index (χ3v) is 7.51. The minimum Gasteiger partial charge on any atom is -0.315 e. The molecule has 0 aliphatic carbocycles. The summed E-state index contributed by atoms with van der Waals surface area (Å²) in [4.78, 5) is 13.3. The summed E-state index contributed by atoms with van der Waals surface area (Å²) in [5, 5.41) is 0. The van der Waals surface area contributed by atoms with Crippen LogP contribution in [0.5, 0.6) is 0 Å². The zero-order chi connectivity index (χ0) is 13.4. The second-order valence-electron chi connectivity index (χ2n) is 4.65. The molecule has 8 heteroatoms. The van der Waals surface area contributed by atoms with Crippen molar-refractivity contribution in [2.45, 2.75) is 35.6 Å². The van der Waals surface area contributed by atoms with Gasteiger partial charge in [-0.3, -0.25) is 4.79 Å². The second kappa shape index (κ2) is 4.99. The molecule has 1 aromatic rings. The quantitative estimate of drug-likeness (QED) is 0.879. The van der Waals surface area contributed by atoms with E-state index in [-0.39, 0.29) is 13.8 Å². The first-order valence-corrected chi connectivity index (χ1v) is 8.94. The van der Waals surface area contributed by atoms with Gasteiger partial charge in [0.15, 0.2) is 4.21 Å². The lowest BCUT2D eigenvalue weighted by atomic mass is 10.1. The first-order chi connectivity index (χ1) is 8.32. The monoisotopic (exact) mass is 308 g/mol. The summed E-state index contributed by atoms with van der Waals surface area (Å²) >= 11 is 2.53. The fourth-order valence-corrected chi connectivity index (χ4v) is 5.79. The number of hydrogen-bond acceptors (Lipinski definition) is 5. The maximum atomic E-state index is 12.1. The van der Waals surface area contributed by atoms with Gasteiger partial charge in [0.25, 0.3) is 10.0 Å². The lowest BCUT2D eigenvalue weighted by Gasteiger charge is -2.22. The van der Waals surface area contributed by atoms with Crippen LogP contribution in [0.4, 0.5) is 0 Å². The van der Waals surface area contributed by atoms with Crippen molar-refractivity contribution in [2.75, 3.05) is 12.3 Å². The molecule has 1 aromatic heterocycles. The van der Waals surface area contributed by atoms with E-state index in [0.29, 0.717) is 12.2 Å². The normalized spacial score (nSPS) is 24.6. The molecule has 1 aliphatic rings. The highest BCUT2D eigenvalue weighted by Crippen LogP contribution is 2.37. The van der Waals surface area contributed by atoms with Crippen molar-refractivity contribution in [3.8, 4) is 0 Å².